The fraction of sp³-hybridized carbons (Fsp3) is 0.250. The smallest absolute Gasteiger partial charge is 0.330 e. The molecule has 2 aromatic heterocycles. The van der Waals surface area contributed by atoms with Gasteiger partial charge in [0.2, 0.25) is 5.89 Å². The van der Waals surface area contributed by atoms with Crippen molar-refractivity contribution in [2.24, 2.45) is 0 Å². The van der Waals surface area contributed by atoms with Crippen LogP contribution in [0.2, 0.25) is 0 Å². The molecule has 1 atom stereocenters. The standard InChI is InChI=1S/C28H27N3O8S2/c1-17-22-25(32)31(28(2,3)27(33)34)41(35,36)30(26(22)40-23(17)24-29-14-15-38-24)16-21(39-18-10-6-5-7-11-18)19-12-8-9-13-20(19)37-4/h5-15,21H,16H2,1-4H3,(H,33,34)/t21-/m0/s1. The highest BCUT2D eigenvalue weighted by atomic mass is 32.2. The number of benzene rings is 2. The Morgan fingerprint density at radius 1 is 1.15 bits per heavy atom. The molecule has 0 unspecified atom stereocenters. The third-order valence-electron chi connectivity index (χ3n) is 6.76. The number of nitrogens with zero attached hydrogens (tertiary/aromatic N) is 3. The monoisotopic (exact) mass is 597 g/mol. The van der Waals surface area contributed by atoms with Crippen LogP contribution in [0.3, 0.4) is 0 Å². The summed E-state index contributed by atoms with van der Waals surface area (Å²) in [5.74, 6) is -1.30. The number of ether oxygens (including phenoxy) is 2. The predicted molar refractivity (Wildman–Crippen MR) is 152 cm³/mol. The maximum Gasteiger partial charge on any atom is 0.330 e. The largest absolute Gasteiger partial charge is 0.496 e. The maximum atomic E-state index is 14.3. The summed E-state index contributed by atoms with van der Waals surface area (Å²) in [5, 5.41) is 10.1. The number of methoxy groups -OCH3 is 1. The van der Waals surface area contributed by atoms with Crippen LogP contribution in [0, 0.1) is 6.92 Å². The Balaban J connectivity index is 1.72. The molecule has 11 nitrogen and oxygen atoms in total. The number of aromatic nitrogens is 1. The first-order chi connectivity index (χ1) is 19.5. The van der Waals surface area contributed by atoms with Gasteiger partial charge in [-0.05, 0) is 44.5 Å². The fourth-order valence-corrected chi connectivity index (χ4v) is 7.95. The molecule has 0 radical (unpaired) electrons. The van der Waals surface area contributed by atoms with Crippen LogP contribution in [0.1, 0.15) is 41.4 Å². The van der Waals surface area contributed by atoms with Gasteiger partial charge in [0.25, 0.3) is 5.91 Å². The SMILES string of the molecule is COc1ccccc1[C@H](CN1c2sc(-c3ncco3)c(C)c2C(=O)N(C(C)(C)C(=O)O)S1(=O)=O)Oc1ccccc1. The molecular weight excluding hydrogens is 570 g/mol. The Hall–Kier alpha value is -4.36. The van der Waals surface area contributed by atoms with Crippen LogP contribution < -0.4 is 13.8 Å². The zero-order valence-corrected chi connectivity index (χ0v) is 24.2. The first-order valence-corrected chi connectivity index (χ1v) is 14.7. The van der Waals surface area contributed by atoms with E-state index in [0.717, 1.165) is 15.6 Å². The van der Waals surface area contributed by atoms with E-state index in [1.165, 1.54) is 33.4 Å². The number of hydrogen-bond acceptors (Lipinski definition) is 9. The second-order valence-electron chi connectivity index (χ2n) is 9.71. The first-order valence-electron chi connectivity index (χ1n) is 12.5. The van der Waals surface area contributed by atoms with Crippen LogP contribution in [-0.2, 0) is 15.0 Å². The third-order valence-corrected chi connectivity index (χ3v) is 10.1. The minimum Gasteiger partial charge on any atom is -0.496 e. The van der Waals surface area contributed by atoms with E-state index in [4.69, 9.17) is 13.9 Å². The van der Waals surface area contributed by atoms with Gasteiger partial charge in [0.1, 0.15) is 28.9 Å². The van der Waals surface area contributed by atoms with Crippen molar-refractivity contribution in [1.29, 1.82) is 0 Å². The van der Waals surface area contributed by atoms with Crippen LogP contribution >= 0.6 is 11.3 Å². The second kappa shape index (κ2) is 10.6. The second-order valence-corrected chi connectivity index (χ2v) is 12.4. The number of thiophene rings is 1. The molecule has 0 saturated carbocycles. The first kappa shape index (κ1) is 28.2. The molecule has 3 heterocycles. The van der Waals surface area contributed by atoms with Gasteiger partial charge in [-0.1, -0.05) is 36.4 Å². The van der Waals surface area contributed by atoms with E-state index in [1.54, 1.807) is 55.5 Å². The van der Waals surface area contributed by atoms with Crippen LogP contribution in [0.15, 0.2) is 71.5 Å². The van der Waals surface area contributed by atoms with Gasteiger partial charge in [0.05, 0.1) is 30.3 Å². The van der Waals surface area contributed by atoms with Crippen LogP contribution in [-0.4, -0.2) is 53.9 Å². The topological polar surface area (TPSA) is 139 Å². The number of carboxylic acid groups (broad SMARTS) is 1. The van der Waals surface area contributed by atoms with Crippen molar-refractivity contribution in [3.8, 4) is 22.3 Å². The number of amides is 1. The lowest BCUT2D eigenvalue weighted by atomic mass is 10.0. The van der Waals surface area contributed by atoms with Gasteiger partial charge in [-0.2, -0.15) is 8.42 Å². The Morgan fingerprint density at radius 3 is 2.46 bits per heavy atom. The minimum atomic E-state index is -4.74. The number of carbonyl (C=O) groups excluding carboxylic acids is 1. The van der Waals surface area contributed by atoms with Gasteiger partial charge in [-0.3, -0.25) is 4.79 Å². The van der Waals surface area contributed by atoms with Crippen LogP contribution in [0.4, 0.5) is 5.00 Å². The van der Waals surface area contributed by atoms with Gasteiger partial charge in [0.15, 0.2) is 5.54 Å². The average molecular weight is 598 g/mol. The van der Waals surface area contributed by atoms with E-state index >= 15 is 0 Å². The molecule has 1 amide bonds. The lowest BCUT2D eigenvalue weighted by Gasteiger charge is -2.42. The van der Waals surface area contributed by atoms with Crippen molar-refractivity contribution < 1.29 is 37.0 Å². The summed E-state index contributed by atoms with van der Waals surface area (Å²) >= 11 is 1.02. The Labute approximate surface area is 240 Å². The van der Waals surface area contributed by atoms with E-state index < -0.39 is 33.7 Å². The van der Waals surface area contributed by atoms with Gasteiger partial charge >= 0.3 is 16.2 Å². The average Bonchev–Trinajstić information content (AvgIpc) is 3.58. The lowest BCUT2D eigenvalue weighted by Crippen LogP contribution is -2.62. The quantitative estimate of drug-likeness (QED) is 0.285. The highest BCUT2D eigenvalue weighted by Gasteiger charge is 2.54. The van der Waals surface area contributed by atoms with Crippen LogP contribution in [0.25, 0.3) is 10.8 Å². The molecule has 214 valence electrons. The summed E-state index contributed by atoms with van der Waals surface area (Å²) in [6.45, 7) is 3.67. The van der Waals surface area contributed by atoms with Gasteiger partial charge in [-0.15, -0.1) is 11.3 Å². The van der Waals surface area contributed by atoms with E-state index in [1.807, 2.05) is 6.07 Å². The summed E-state index contributed by atoms with van der Waals surface area (Å²) in [5.41, 5.74) is -1.09. The van der Waals surface area contributed by atoms with Crippen molar-refractivity contribution in [1.82, 2.24) is 9.29 Å². The number of oxazole rings is 1. The van der Waals surface area contributed by atoms with Crippen LogP contribution in [0.5, 0.6) is 11.5 Å². The van der Waals surface area contributed by atoms with Crippen molar-refractivity contribution >= 4 is 38.4 Å². The molecule has 0 spiro atoms. The molecule has 0 saturated heterocycles. The molecule has 1 aliphatic rings. The summed E-state index contributed by atoms with van der Waals surface area (Å²) in [4.78, 5) is 30.7. The molecule has 0 fully saturated rings. The number of carbonyl (C=O) groups is 2. The van der Waals surface area contributed by atoms with Crippen molar-refractivity contribution in [2.45, 2.75) is 32.4 Å². The lowest BCUT2D eigenvalue weighted by molar-refractivity contribution is -0.145. The van der Waals surface area contributed by atoms with E-state index in [-0.39, 0.29) is 23.0 Å². The molecule has 2 aromatic carbocycles. The summed E-state index contributed by atoms with van der Waals surface area (Å²) in [6.07, 6.45) is 1.89. The zero-order valence-electron chi connectivity index (χ0n) is 22.6. The fourth-order valence-electron chi connectivity index (χ4n) is 4.63. The van der Waals surface area contributed by atoms with Gasteiger partial charge in [-0.25, -0.2) is 18.4 Å². The zero-order chi connectivity index (χ0) is 29.5. The number of carboxylic acids is 1. The number of hydrogen-bond donors (Lipinski definition) is 1. The Bertz CT molecular complexity index is 1700. The minimum absolute atomic E-state index is 0.0471. The summed E-state index contributed by atoms with van der Waals surface area (Å²) < 4.78 is 47.3. The third kappa shape index (κ3) is 4.80. The van der Waals surface area contributed by atoms with Crippen molar-refractivity contribution in [2.75, 3.05) is 18.0 Å². The molecule has 13 heteroatoms. The molecule has 0 bridgehead atoms. The molecule has 41 heavy (non-hydrogen) atoms. The van der Waals surface area contributed by atoms with Gasteiger partial charge < -0.3 is 19.0 Å². The molecule has 4 aromatic rings. The molecule has 0 aliphatic carbocycles. The number of fused-ring (bicyclic) bond motifs is 1. The number of aliphatic carboxylic acids is 1. The van der Waals surface area contributed by atoms with Crippen molar-refractivity contribution in [3.63, 3.8) is 0 Å². The predicted octanol–water partition coefficient (Wildman–Crippen LogP) is 4.91. The Morgan fingerprint density at radius 2 is 1.83 bits per heavy atom. The molecule has 1 N–H and O–H groups in total. The van der Waals surface area contributed by atoms with Crippen molar-refractivity contribution in [3.05, 3.63) is 83.7 Å². The van der Waals surface area contributed by atoms with E-state index in [0.29, 0.717) is 31.8 Å². The highest BCUT2D eigenvalue weighted by molar-refractivity contribution is 7.91. The van der Waals surface area contributed by atoms with E-state index in [9.17, 15) is 23.1 Å². The normalized spacial score (nSPS) is 15.4. The highest BCUT2D eigenvalue weighted by Crippen LogP contribution is 2.48. The molecule has 1 aliphatic heterocycles. The molecule has 5 rings (SSSR count). The van der Waals surface area contributed by atoms with E-state index in [2.05, 4.69) is 4.98 Å². The maximum absolute atomic E-state index is 14.3. The number of para-hydroxylation sites is 2. The Kier molecular flexibility index (Phi) is 7.26. The summed E-state index contributed by atoms with van der Waals surface area (Å²) in [7, 11) is -3.25. The number of anilines is 1. The van der Waals surface area contributed by atoms with Gasteiger partial charge in [0, 0.05) is 5.56 Å². The number of rotatable bonds is 9. The molecular formula is C28H27N3O8S2. The summed E-state index contributed by atoms with van der Waals surface area (Å²) in [6, 6.07) is 15.9.